The van der Waals surface area contributed by atoms with Crippen LogP contribution in [0.5, 0.6) is 0 Å². The number of rotatable bonds is 73. The monoisotopic (exact) mass is 1370 g/mol. The summed E-state index contributed by atoms with van der Waals surface area (Å²) in [6.07, 6.45) is 115. The number of hydrogen-bond donors (Lipinski definition) is 1. The van der Waals surface area contributed by atoms with E-state index in [-0.39, 0.29) is 32.2 Å². The molecule has 0 bridgehead atoms. The zero-order valence-corrected chi connectivity index (χ0v) is 64.3. The molecular formula is C90H150NO8+. The summed E-state index contributed by atoms with van der Waals surface area (Å²) in [5, 5.41) is 9.78. The lowest BCUT2D eigenvalue weighted by atomic mass is 10.0. The Morgan fingerprint density at radius 1 is 0.303 bits per heavy atom. The molecule has 2 atom stereocenters. The molecule has 9 heteroatoms. The normalized spacial score (nSPS) is 13.6. The maximum atomic E-state index is 13.0. The second kappa shape index (κ2) is 78.4. The molecular weight excluding hydrogens is 1220 g/mol. The van der Waals surface area contributed by atoms with Gasteiger partial charge in [-0.2, -0.15) is 0 Å². The van der Waals surface area contributed by atoms with E-state index in [0.717, 1.165) is 128 Å². The topological polar surface area (TPSA) is 108 Å². The number of carbonyl (C=O) groups excluding carboxylic acids is 2. The zero-order valence-electron chi connectivity index (χ0n) is 64.3. The molecule has 1 N–H and O–H groups in total. The zero-order chi connectivity index (χ0) is 71.8. The van der Waals surface area contributed by atoms with Crippen LogP contribution in [0.15, 0.2) is 170 Å². The second-order valence-corrected chi connectivity index (χ2v) is 27.6. The molecule has 562 valence electrons. The lowest BCUT2D eigenvalue weighted by Crippen LogP contribution is -2.40. The highest BCUT2D eigenvalue weighted by Gasteiger charge is 2.25. The Balaban J connectivity index is 4.07. The minimum atomic E-state index is -1.52. The minimum absolute atomic E-state index is 0.182. The fourth-order valence-electron chi connectivity index (χ4n) is 10.9. The molecule has 0 fully saturated rings. The van der Waals surface area contributed by atoms with Gasteiger partial charge < -0.3 is 28.5 Å². The minimum Gasteiger partial charge on any atom is -0.477 e. The number of esters is 2. The molecule has 0 heterocycles. The first-order valence-electron chi connectivity index (χ1n) is 40.3. The molecule has 0 aliphatic heterocycles. The number of carboxylic acids is 1. The van der Waals surface area contributed by atoms with Crippen molar-refractivity contribution in [2.24, 2.45) is 0 Å². The lowest BCUT2D eigenvalue weighted by molar-refractivity contribution is -0.870. The van der Waals surface area contributed by atoms with Gasteiger partial charge in [-0.3, -0.25) is 9.59 Å². The molecule has 0 aromatic rings. The van der Waals surface area contributed by atoms with Crippen LogP contribution in [0, 0.1) is 0 Å². The molecule has 0 amide bonds. The Hall–Kier alpha value is -5.35. The van der Waals surface area contributed by atoms with Gasteiger partial charge in [0.25, 0.3) is 6.29 Å². The number of ether oxygens (including phenoxy) is 4. The summed E-state index contributed by atoms with van der Waals surface area (Å²) < 4.78 is 23.0. The van der Waals surface area contributed by atoms with Gasteiger partial charge in [0.05, 0.1) is 34.4 Å². The Bertz CT molecular complexity index is 2240. The number of quaternary nitrogens is 1. The molecule has 0 spiro atoms. The first-order chi connectivity index (χ1) is 48.6. The van der Waals surface area contributed by atoms with E-state index in [1.54, 1.807) is 0 Å². The number of carbonyl (C=O) groups is 3. The SMILES string of the molecule is CC/C=C\C/C=C\C/C=C\C/C=C\C/C=C\C/C=C\C/C=C\C/C=C\CCCCCCCCCCCCCCC(=O)OC(COC(=O)CCCCCCCCCCCCCCCCCCCC/C=C\C/C=C\C/C=C\C/C=C\C/C=C\C/C=C\CC)COC(OCC[N+](C)(C)C)C(=O)O. The Labute approximate surface area is 609 Å². The van der Waals surface area contributed by atoms with Gasteiger partial charge in [0.1, 0.15) is 13.2 Å². The summed E-state index contributed by atoms with van der Waals surface area (Å²) in [7, 11) is 5.98. The van der Waals surface area contributed by atoms with Gasteiger partial charge in [-0.25, -0.2) is 4.79 Å². The smallest absolute Gasteiger partial charge is 0.361 e. The van der Waals surface area contributed by atoms with Gasteiger partial charge in [-0.15, -0.1) is 0 Å². The molecule has 0 aromatic carbocycles. The van der Waals surface area contributed by atoms with E-state index in [9.17, 15) is 19.5 Å². The Morgan fingerprint density at radius 2 is 0.545 bits per heavy atom. The molecule has 0 rings (SSSR count). The van der Waals surface area contributed by atoms with Gasteiger partial charge in [-0.05, 0) is 128 Å². The third-order valence-corrected chi connectivity index (χ3v) is 17.0. The third kappa shape index (κ3) is 79.8. The van der Waals surface area contributed by atoms with Crippen LogP contribution in [0.2, 0.25) is 0 Å². The van der Waals surface area contributed by atoms with Crippen molar-refractivity contribution in [3.63, 3.8) is 0 Å². The van der Waals surface area contributed by atoms with E-state index in [0.29, 0.717) is 23.9 Å². The second-order valence-electron chi connectivity index (χ2n) is 27.6. The van der Waals surface area contributed by atoms with Crippen molar-refractivity contribution >= 4 is 17.9 Å². The maximum absolute atomic E-state index is 13.0. The molecule has 99 heavy (non-hydrogen) atoms. The molecule has 0 radical (unpaired) electrons. The summed E-state index contributed by atoms with van der Waals surface area (Å²) in [5.74, 6) is -2.01. The molecule has 0 aliphatic rings. The predicted octanol–water partition coefficient (Wildman–Crippen LogP) is 26.1. The van der Waals surface area contributed by atoms with Gasteiger partial charge in [0.2, 0.25) is 0 Å². The van der Waals surface area contributed by atoms with Gasteiger partial charge >= 0.3 is 17.9 Å². The van der Waals surface area contributed by atoms with Crippen LogP contribution in [0.3, 0.4) is 0 Å². The van der Waals surface area contributed by atoms with Crippen molar-refractivity contribution in [3.8, 4) is 0 Å². The number of unbranched alkanes of at least 4 members (excludes halogenated alkanes) is 30. The fraction of sp³-hybridized carbons (Fsp3) is 0.656. The van der Waals surface area contributed by atoms with Crippen molar-refractivity contribution in [2.45, 2.75) is 334 Å². The first-order valence-corrected chi connectivity index (χ1v) is 40.3. The Kier molecular flexibility index (Phi) is 74.1. The number of hydrogen-bond acceptors (Lipinski definition) is 7. The van der Waals surface area contributed by atoms with Crippen LogP contribution in [-0.4, -0.2) is 87.4 Å². The molecule has 0 saturated heterocycles. The Morgan fingerprint density at radius 3 is 0.808 bits per heavy atom. The van der Waals surface area contributed by atoms with Crippen molar-refractivity contribution in [1.29, 1.82) is 0 Å². The van der Waals surface area contributed by atoms with E-state index in [2.05, 4.69) is 184 Å². The number of allylic oxidation sites excluding steroid dienone is 28. The van der Waals surface area contributed by atoms with Crippen LogP contribution < -0.4 is 0 Å². The highest BCUT2D eigenvalue weighted by molar-refractivity contribution is 5.71. The van der Waals surface area contributed by atoms with Gasteiger partial charge in [0.15, 0.2) is 6.10 Å². The van der Waals surface area contributed by atoms with E-state index in [1.165, 1.54) is 161 Å². The summed E-state index contributed by atoms with van der Waals surface area (Å²) in [6, 6.07) is 0. The van der Waals surface area contributed by atoms with Gasteiger partial charge in [-0.1, -0.05) is 351 Å². The fourth-order valence-corrected chi connectivity index (χ4v) is 10.9. The van der Waals surface area contributed by atoms with E-state index >= 15 is 0 Å². The number of nitrogens with zero attached hydrogens (tertiary/aromatic N) is 1. The van der Waals surface area contributed by atoms with E-state index in [4.69, 9.17) is 18.9 Å². The number of carboxylic acid groups (broad SMARTS) is 1. The molecule has 9 nitrogen and oxygen atoms in total. The molecule has 2 unspecified atom stereocenters. The lowest BCUT2D eigenvalue weighted by Gasteiger charge is -2.25. The molecule has 0 saturated carbocycles. The highest BCUT2D eigenvalue weighted by Crippen LogP contribution is 2.18. The molecule has 0 aromatic heterocycles. The van der Waals surface area contributed by atoms with E-state index in [1.807, 2.05) is 21.1 Å². The largest absolute Gasteiger partial charge is 0.477 e. The predicted molar refractivity (Wildman–Crippen MR) is 428 cm³/mol. The number of aliphatic carboxylic acids is 1. The van der Waals surface area contributed by atoms with Crippen LogP contribution in [0.25, 0.3) is 0 Å². The highest BCUT2D eigenvalue weighted by atomic mass is 16.7. The van der Waals surface area contributed by atoms with Crippen molar-refractivity contribution in [2.75, 3.05) is 47.5 Å². The van der Waals surface area contributed by atoms with E-state index < -0.39 is 24.3 Å². The summed E-state index contributed by atoms with van der Waals surface area (Å²) in [6.45, 7) is 4.66. The van der Waals surface area contributed by atoms with Crippen LogP contribution in [0.4, 0.5) is 0 Å². The van der Waals surface area contributed by atoms with Crippen LogP contribution in [0.1, 0.15) is 322 Å². The first kappa shape index (κ1) is 93.6. The maximum Gasteiger partial charge on any atom is 0.361 e. The van der Waals surface area contributed by atoms with Gasteiger partial charge in [0, 0.05) is 12.8 Å². The van der Waals surface area contributed by atoms with Crippen molar-refractivity contribution in [1.82, 2.24) is 0 Å². The quantitative estimate of drug-likeness (QED) is 0.0211. The summed E-state index contributed by atoms with van der Waals surface area (Å²) in [4.78, 5) is 37.8. The third-order valence-electron chi connectivity index (χ3n) is 17.0. The molecule has 0 aliphatic carbocycles. The van der Waals surface area contributed by atoms with Crippen molar-refractivity contribution in [3.05, 3.63) is 170 Å². The average molecular weight is 1370 g/mol. The summed E-state index contributed by atoms with van der Waals surface area (Å²) in [5.41, 5.74) is 0. The van der Waals surface area contributed by atoms with Crippen LogP contribution in [-0.2, 0) is 33.3 Å². The average Bonchev–Trinajstić information content (AvgIpc) is 2.19. The number of likely N-dealkylation sites (N-methyl/N-ethyl adjacent to an activating group) is 1. The van der Waals surface area contributed by atoms with Crippen molar-refractivity contribution < 1.29 is 42.9 Å². The summed E-state index contributed by atoms with van der Waals surface area (Å²) >= 11 is 0. The standard InChI is InChI=1S/C90H149NO8/c1-6-8-10-12-14-16-18-20-22-24-26-28-30-32-34-36-38-40-42-44-46-48-50-52-54-56-58-60-62-64-66-68-70-72-74-76-78-80-87(92)97-84-86(85-98-90(89(94)95)96-83-82-91(3,4)5)99-88(93)81-79-77-75-73-71-69-67-65-63-61-59-57-55-53-51-49-47-45-43-41-39-37-35-33-31-29-27-25-23-21-19-17-15-13-11-9-7-2/h8-11,14-17,20-23,26-29,32-35,38-41,45,47,51,53,86,90H,6-7,12-13,18-19,24-25,30-31,36-37,42-44,46,48-50,52,54-85H2,1-5H3/p+1/b10-8-,11-9-,16-14-,17-15-,22-20-,23-21-,28-26-,29-27-,34-32-,35-33-,40-38-,41-39-,47-45-,53-51-. The van der Waals surface area contributed by atoms with Crippen LogP contribution >= 0.6 is 0 Å².